The molecule has 0 aromatic heterocycles. The van der Waals surface area contributed by atoms with Gasteiger partial charge in [0.15, 0.2) is 5.41 Å². The van der Waals surface area contributed by atoms with Crippen molar-refractivity contribution < 1.29 is 72.6 Å². The van der Waals surface area contributed by atoms with Crippen LogP contribution in [0.2, 0.25) is 0 Å². The molecule has 0 saturated heterocycles. The third-order valence-electron chi connectivity index (χ3n) is 4.42. The van der Waals surface area contributed by atoms with E-state index in [1.54, 1.807) is 20.8 Å². The Hall–Kier alpha value is 0.576. The summed E-state index contributed by atoms with van der Waals surface area (Å²) in [6.45, 7) is 7.27. The van der Waals surface area contributed by atoms with Gasteiger partial charge < -0.3 is 11.6 Å². The van der Waals surface area contributed by atoms with Crippen molar-refractivity contribution in [3.8, 4) is 0 Å². The minimum atomic E-state index is -1.69. The molecule has 0 aliphatic carbocycles. The molecule has 126 valence electrons. The van der Waals surface area contributed by atoms with Crippen LogP contribution in [0.25, 0.3) is 0 Å². The first-order valence-electron chi connectivity index (χ1n) is 8.17. The second-order valence-corrected chi connectivity index (χ2v) is 6.99. The third-order valence-corrected chi connectivity index (χ3v) is 4.42. The molecule has 0 aromatic rings. The monoisotopic (exact) mass is 340 g/mol. The fourth-order valence-corrected chi connectivity index (χ4v) is 2.85. The predicted octanol–water partition coefficient (Wildman–Crippen LogP) is 1.84. The van der Waals surface area contributed by atoms with Crippen molar-refractivity contribution in [2.75, 3.05) is 0 Å². The van der Waals surface area contributed by atoms with Gasteiger partial charge in [0.25, 0.3) is 0 Å². The molecule has 22 heavy (non-hydrogen) atoms. The van der Waals surface area contributed by atoms with Gasteiger partial charge in [0.2, 0.25) is 0 Å². The number of aliphatic carboxylic acids is 2. The normalized spacial score (nSPS) is 11.8. The molecule has 0 aromatic carbocycles. The SMILES string of the molecule is CCCCCCCCCCC(C(=O)O)(C(=O)O)C(C)(C)C.[H-].[K+]. The van der Waals surface area contributed by atoms with Crippen LogP contribution < -0.4 is 51.4 Å². The summed E-state index contributed by atoms with van der Waals surface area (Å²) in [6.07, 6.45) is 8.95. The maximum Gasteiger partial charge on any atom is 1.00 e. The maximum atomic E-state index is 11.6. The Bertz CT molecular complexity index is 326. The minimum absolute atomic E-state index is 0. The van der Waals surface area contributed by atoms with E-state index in [9.17, 15) is 19.8 Å². The van der Waals surface area contributed by atoms with Crippen LogP contribution >= 0.6 is 0 Å². The zero-order valence-corrected chi connectivity index (χ0v) is 18.2. The van der Waals surface area contributed by atoms with Gasteiger partial charge in [-0.3, -0.25) is 9.59 Å². The summed E-state index contributed by atoms with van der Waals surface area (Å²) < 4.78 is 0. The van der Waals surface area contributed by atoms with Crippen LogP contribution in [-0.4, -0.2) is 22.2 Å². The molecule has 0 spiro atoms. The van der Waals surface area contributed by atoms with Crippen molar-refractivity contribution in [2.24, 2.45) is 10.8 Å². The van der Waals surface area contributed by atoms with Crippen molar-refractivity contribution >= 4 is 11.9 Å². The van der Waals surface area contributed by atoms with E-state index in [2.05, 4.69) is 6.92 Å². The molecule has 0 radical (unpaired) electrons. The van der Waals surface area contributed by atoms with Crippen LogP contribution in [0, 0.1) is 10.8 Å². The van der Waals surface area contributed by atoms with E-state index in [1.807, 2.05) is 0 Å². The largest absolute Gasteiger partial charge is 1.00 e. The first-order valence-corrected chi connectivity index (χ1v) is 8.17. The molecule has 4 nitrogen and oxygen atoms in total. The van der Waals surface area contributed by atoms with Crippen molar-refractivity contribution in [3.63, 3.8) is 0 Å². The number of carbonyl (C=O) groups is 2. The Kier molecular flexibility index (Phi) is 13.6. The van der Waals surface area contributed by atoms with Gasteiger partial charge in [-0.1, -0.05) is 79.1 Å². The molecule has 0 heterocycles. The first kappa shape index (κ1) is 24.8. The van der Waals surface area contributed by atoms with Gasteiger partial charge >= 0.3 is 63.3 Å². The number of carboxylic acid groups (broad SMARTS) is 2. The molecule has 0 fully saturated rings. The van der Waals surface area contributed by atoms with Crippen LogP contribution in [0.4, 0.5) is 0 Å². The second kappa shape index (κ2) is 12.0. The smallest absolute Gasteiger partial charge is 1.00 e. The molecular formula is C17H33KO4. The van der Waals surface area contributed by atoms with Crippen molar-refractivity contribution in [1.82, 2.24) is 0 Å². The summed E-state index contributed by atoms with van der Waals surface area (Å²) in [6, 6.07) is 0. The first-order chi connectivity index (χ1) is 9.70. The van der Waals surface area contributed by atoms with Crippen molar-refractivity contribution in [3.05, 3.63) is 0 Å². The molecule has 0 unspecified atom stereocenters. The summed E-state index contributed by atoms with van der Waals surface area (Å²) in [4.78, 5) is 23.1. The van der Waals surface area contributed by atoms with Crippen LogP contribution in [-0.2, 0) is 9.59 Å². The summed E-state index contributed by atoms with van der Waals surface area (Å²) in [7, 11) is 0. The average molecular weight is 341 g/mol. The average Bonchev–Trinajstić information content (AvgIpc) is 2.34. The molecular weight excluding hydrogens is 307 g/mol. The molecule has 0 rings (SSSR count). The van der Waals surface area contributed by atoms with Crippen molar-refractivity contribution in [2.45, 2.75) is 85.5 Å². The van der Waals surface area contributed by atoms with E-state index in [1.165, 1.54) is 25.7 Å². The van der Waals surface area contributed by atoms with E-state index in [0.29, 0.717) is 6.42 Å². The van der Waals surface area contributed by atoms with Crippen LogP contribution in [0.1, 0.15) is 86.9 Å². The van der Waals surface area contributed by atoms with E-state index in [-0.39, 0.29) is 59.2 Å². The standard InChI is InChI=1S/C17H32O4.K.H/c1-5-6-7-8-9-10-11-12-13-17(14(18)19,15(20)21)16(2,3)4;;/h5-13H2,1-4H3,(H,18,19)(H,20,21);;/q;+1;-1. The van der Waals surface area contributed by atoms with Gasteiger partial charge in [-0.2, -0.15) is 0 Å². The Morgan fingerprint density at radius 3 is 1.50 bits per heavy atom. The van der Waals surface area contributed by atoms with Gasteiger partial charge in [0, 0.05) is 0 Å². The molecule has 0 amide bonds. The molecule has 5 heteroatoms. The van der Waals surface area contributed by atoms with Crippen LogP contribution in [0.3, 0.4) is 0 Å². The van der Waals surface area contributed by atoms with E-state index >= 15 is 0 Å². The van der Waals surface area contributed by atoms with Gasteiger partial charge in [0.05, 0.1) is 0 Å². The topological polar surface area (TPSA) is 74.6 Å². The quantitative estimate of drug-likeness (QED) is 0.342. The number of hydrogen-bond donors (Lipinski definition) is 2. The maximum absolute atomic E-state index is 11.6. The van der Waals surface area contributed by atoms with Crippen LogP contribution in [0.5, 0.6) is 0 Å². The number of carboxylic acids is 2. The van der Waals surface area contributed by atoms with Crippen molar-refractivity contribution in [1.29, 1.82) is 0 Å². The number of rotatable bonds is 11. The Balaban J connectivity index is -0.00000200. The van der Waals surface area contributed by atoms with E-state index < -0.39 is 22.8 Å². The van der Waals surface area contributed by atoms with E-state index in [4.69, 9.17) is 0 Å². The van der Waals surface area contributed by atoms with Gasteiger partial charge in [-0.05, 0) is 11.8 Å². The second-order valence-electron chi connectivity index (χ2n) is 6.99. The molecule has 0 saturated carbocycles. The fourth-order valence-electron chi connectivity index (χ4n) is 2.85. The Morgan fingerprint density at radius 2 is 1.18 bits per heavy atom. The zero-order valence-electron chi connectivity index (χ0n) is 16.1. The Labute approximate surface area is 179 Å². The van der Waals surface area contributed by atoms with Crippen LogP contribution in [0.15, 0.2) is 0 Å². The van der Waals surface area contributed by atoms with Gasteiger partial charge in [0.1, 0.15) is 0 Å². The summed E-state index contributed by atoms with van der Waals surface area (Å²) in [5, 5.41) is 18.9. The predicted molar refractivity (Wildman–Crippen MR) is 85.5 cm³/mol. The molecule has 0 bridgehead atoms. The minimum Gasteiger partial charge on any atom is -1.00 e. The van der Waals surface area contributed by atoms with Gasteiger partial charge in [-0.15, -0.1) is 0 Å². The summed E-state index contributed by atoms with van der Waals surface area (Å²) in [5.74, 6) is -2.43. The Morgan fingerprint density at radius 1 is 0.818 bits per heavy atom. The van der Waals surface area contributed by atoms with Gasteiger partial charge in [-0.25, -0.2) is 0 Å². The molecule has 0 aliphatic rings. The number of unbranched alkanes of at least 4 members (excludes halogenated alkanes) is 7. The fraction of sp³-hybridized carbons (Fsp3) is 0.882. The molecule has 2 N–H and O–H groups in total. The molecule has 0 atom stereocenters. The summed E-state index contributed by atoms with van der Waals surface area (Å²) in [5.41, 5.74) is -2.49. The zero-order chi connectivity index (χ0) is 16.5. The summed E-state index contributed by atoms with van der Waals surface area (Å²) >= 11 is 0. The number of hydrogen-bond acceptors (Lipinski definition) is 2. The third kappa shape index (κ3) is 7.43. The molecule has 0 aliphatic heterocycles. The van der Waals surface area contributed by atoms with E-state index in [0.717, 1.165) is 19.3 Å².